The molecule has 2 aromatic carbocycles. The van der Waals surface area contributed by atoms with Crippen LogP contribution in [-0.4, -0.2) is 58.0 Å². The molecule has 0 saturated carbocycles. The molecule has 33 heavy (non-hydrogen) atoms. The second-order valence-corrected chi connectivity index (χ2v) is 9.96. The molecule has 0 spiro atoms. The molecule has 0 N–H and O–H groups in total. The summed E-state index contributed by atoms with van der Waals surface area (Å²) in [5, 5.41) is 0. The topological polar surface area (TPSA) is 72.9 Å². The lowest BCUT2D eigenvalue weighted by molar-refractivity contribution is -0.189. The molecule has 1 aliphatic heterocycles. The van der Waals surface area contributed by atoms with Gasteiger partial charge in [0.25, 0.3) is 5.91 Å². The van der Waals surface area contributed by atoms with Gasteiger partial charge in [0.15, 0.2) is 21.7 Å². The van der Waals surface area contributed by atoms with E-state index in [-0.39, 0.29) is 23.9 Å². The van der Waals surface area contributed by atoms with Crippen LogP contribution in [0.5, 0.6) is 11.5 Å². The summed E-state index contributed by atoms with van der Waals surface area (Å²) in [4.78, 5) is 14.2. The number of amides is 1. The number of carbonyl (C=O) groups excluding carboxylic acids is 1. The normalized spacial score (nSPS) is 15.7. The van der Waals surface area contributed by atoms with Gasteiger partial charge in [-0.1, -0.05) is 17.7 Å². The van der Waals surface area contributed by atoms with Crippen LogP contribution in [0.2, 0.25) is 0 Å². The fourth-order valence-corrected chi connectivity index (χ4v) is 4.41. The highest BCUT2D eigenvalue weighted by atomic mass is 32.2. The predicted molar refractivity (Wildman–Crippen MR) is 112 cm³/mol. The maximum atomic E-state index is 14.2. The molecule has 0 unspecified atom stereocenters. The smallest absolute Gasteiger partial charge is 0.425 e. The molecule has 1 saturated heterocycles. The van der Waals surface area contributed by atoms with Crippen LogP contribution in [0.3, 0.4) is 0 Å². The van der Waals surface area contributed by atoms with E-state index in [0.29, 0.717) is 5.56 Å². The zero-order valence-electron chi connectivity index (χ0n) is 18.4. The van der Waals surface area contributed by atoms with Crippen molar-refractivity contribution >= 4 is 15.7 Å². The van der Waals surface area contributed by atoms with Gasteiger partial charge in [-0.05, 0) is 37.6 Å². The van der Waals surface area contributed by atoms with Crippen LogP contribution in [0.25, 0.3) is 0 Å². The number of alkyl halides is 3. The van der Waals surface area contributed by atoms with Crippen LogP contribution >= 0.6 is 0 Å². The number of hydrogen-bond donors (Lipinski definition) is 0. The van der Waals surface area contributed by atoms with Gasteiger partial charge in [0.05, 0.1) is 7.11 Å². The number of likely N-dealkylation sites (tertiary alicyclic amines) is 1. The lowest BCUT2D eigenvalue weighted by atomic mass is 9.89. The van der Waals surface area contributed by atoms with Crippen LogP contribution in [0, 0.1) is 12.7 Å². The van der Waals surface area contributed by atoms with Crippen LogP contribution in [-0.2, 0) is 9.84 Å². The van der Waals surface area contributed by atoms with E-state index in [0.717, 1.165) is 38.0 Å². The number of aryl methyl sites for hydroxylation is 1. The maximum Gasteiger partial charge on any atom is 0.425 e. The minimum atomic E-state index is -4.71. The van der Waals surface area contributed by atoms with Crippen molar-refractivity contribution in [1.29, 1.82) is 0 Å². The number of nitrogens with zero attached hydrogens (tertiary/aromatic N) is 1. The zero-order chi connectivity index (χ0) is 24.7. The number of methoxy groups -OCH3 is 1. The Labute approximate surface area is 189 Å². The Balaban J connectivity index is 1.99. The highest BCUT2D eigenvalue weighted by molar-refractivity contribution is 7.90. The third-order valence-corrected chi connectivity index (χ3v) is 6.55. The fraction of sp³-hybridized carbons (Fsp3) is 0.409. The van der Waals surface area contributed by atoms with Crippen LogP contribution in [0.1, 0.15) is 34.3 Å². The van der Waals surface area contributed by atoms with Gasteiger partial charge in [0, 0.05) is 25.3 Å². The van der Waals surface area contributed by atoms with Crippen molar-refractivity contribution in [2.75, 3.05) is 26.5 Å². The Morgan fingerprint density at radius 1 is 1.18 bits per heavy atom. The average molecular weight is 489 g/mol. The van der Waals surface area contributed by atoms with Gasteiger partial charge in [-0.2, -0.15) is 13.2 Å². The molecule has 3 rings (SSSR count). The number of ether oxygens (including phenoxy) is 2. The Morgan fingerprint density at radius 2 is 1.82 bits per heavy atom. The van der Waals surface area contributed by atoms with Crippen molar-refractivity contribution < 1.29 is 40.2 Å². The third kappa shape index (κ3) is 5.07. The number of benzene rings is 2. The summed E-state index contributed by atoms with van der Waals surface area (Å²) in [7, 11) is -2.77. The van der Waals surface area contributed by atoms with Crippen LogP contribution in [0.4, 0.5) is 17.6 Å². The van der Waals surface area contributed by atoms with Gasteiger partial charge < -0.3 is 14.4 Å². The molecule has 6 nitrogen and oxygen atoms in total. The molecule has 0 aliphatic carbocycles. The average Bonchev–Trinajstić information content (AvgIpc) is 2.67. The summed E-state index contributed by atoms with van der Waals surface area (Å²) in [5.41, 5.74) is 0.841. The second kappa shape index (κ2) is 8.85. The van der Waals surface area contributed by atoms with Crippen LogP contribution in [0.15, 0.2) is 35.2 Å². The van der Waals surface area contributed by atoms with E-state index in [1.54, 1.807) is 19.1 Å². The highest BCUT2D eigenvalue weighted by Gasteiger charge is 2.41. The summed E-state index contributed by atoms with van der Waals surface area (Å²) in [6.45, 7) is 2.77. The molecule has 1 heterocycles. The van der Waals surface area contributed by atoms with Gasteiger partial charge in [-0.3, -0.25) is 4.79 Å². The molecule has 11 heteroatoms. The molecular weight excluding hydrogens is 466 g/mol. The van der Waals surface area contributed by atoms with E-state index >= 15 is 0 Å². The van der Waals surface area contributed by atoms with Crippen molar-refractivity contribution in [2.24, 2.45) is 0 Å². The number of rotatable bonds is 6. The van der Waals surface area contributed by atoms with Gasteiger partial charge in [0.1, 0.15) is 22.0 Å². The summed E-state index contributed by atoms with van der Waals surface area (Å²) in [6.07, 6.45) is -6.09. The molecule has 0 aromatic heterocycles. The molecular formula is C22H23F4NO5S. The van der Waals surface area contributed by atoms with E-state index in [9.17, 15) is 30.8 Å². The summed E-state index contributed by atoms with van der Waals surface area (Å²) < 4.78 is 87.9. The minimum absolute atomic E-state index is 0.0970. The van der Waals surface area contributed by atoms with E-state index in [1.807, 2.05) is 0 Å². The summed E-state index contributed by atoms with van der Waals surface area (Å²) >= 11 is 0. The van der Waals surface area contributed by atoms with E-state index in [4.69, 9.17) is 9.47 Å². The maximum absolute atomic E-state index is 14.2. The lowest BCUT2D eigenvalue weighted by Crippen LogP contribution is -2.49. The zero-order valence-corrected chi connectivity index (χ0v) is 19.2. The van der Waals surface area contributed by atoms with Gasteiger partial charge in [-0.25, -0.2) is 12.8 Å². The minimum Gasteiger partial charge on any atom is -0.494 e. The first-order chi connectivity index (χ1) is 15.2. The van der Waals surface area contributed by atoms with Crippen molar-refractivity contribution in [3.63, 3.8) is 0 Å². The Kier molecular flexibility index (Phi) is 6.65. The first-order valence-electron chi connectivity index (χ1n) is 9.93. The molecule has 1 aliphatic rings. The van der Waals surface area contributed by atoms with Gasteiger partial charge >= 0.3 is 6.18 Å². The van der Waals surface area contributed by atoms with Crippen LogP contribution < -0.4 is 9.47 Å². The molecule has 1 atom stereocenters. The monoisotopic (exact) mass is 489 g/mol. The number of carbonyl (C=O) groups is 1. The lowest BCUT2D eigenvalue weighted by Gasteiger charge is -2.40. The number of halogens is 4. The Hall–Kier alpha value is -2.82. The van der Waals surface area contributed by atoms with Crippen molar-refractivity contribution in [3.8, 4) is 11.5 Å². The predicted octanol–water partition coefficient (Wildman–Crippen LogP) is 4.12. The highest BCUT2D eigenvalue weighted by Crippen LogP contribution is 2.40. The number of hydrogen-bond acceptors (Lipinski definition) is 5. The first kappa shape index (κ1) is 24.8. The largest absolute Gasteiger partial charge is 0.494 e. The molecule has 1 amide bonds. The van der Waals surface area contributed by atoms with E-state index in [2.05, 4.69) is 0 Å². The summed E-state index contributed by atoms with van der Waals surface area (Å²) in [6, 6.07) is 6.66. The van der Waals surface area contributed by atoms with Gasteiger partial charge in [-0.15, -0.1) is 0 Å². The van der Waals surface area contributed by atoms with Gasteiger partial charge in [0.2, 0.25) is 0 Å². The molecule has 180 valence electrons. The number of sulfone groups is 1. The molecule has 0 radical (unpaired) electrons. The Morgan fingerprint density at radius 3 is 2.36 bits per heavy atom. The third-order valence-electron chi connectivity index (χ3n) is 5.43. The molecule has 2 aromatic rings. The first-order valence-corrected chi connectivity index (χ1v) is 11.8. The molecule has 0 bridgehead atoms. The second-order valence-electron chi connectivity index (χ2n) is 7.98. The quantitative estimate of drug-likeness (QED) is 0.571. The fourth-order valence-electron chi connectivity index (χ4n) is 3.57. The SMILES string of the molecule is COc1c(S(C)(=O)=O)ccc(O[C@@H](C)C(F)(F)F)c1C(=O)N1CC(c2cc(C)ccc2F)C1. The Bertz CT molecular complexity index is 1170. The van der Waals surface area contributed by atoms with Crippen molar-refractivity contribution in [1.82, 2.24) is 4.90 Å². The summed E-state index contributed by atoms with van der Waals surface area (Å²) in [5.74, 6) is -2.36. The van der Waals surface area contributed by atoms with Crippen molar-refractivity contribution in [3.05, 3.63) is 52.8 Å². The van der Waals surface area contributed by atoms with E-state index < -0.39 is 50.9 Å². The standard InChI is InChI=1S/C22H23F4NO5S/c1-12-5-6-16(23)15(9-12)14-10-27(11-14)21(28)19-17(32-13(2)22(24,25)26)7-8-18(20(19)31-3)33(4,29)30/h5-9,13-14H,10-11H2,1-4H3/t13-/m0/s1. The van der Waals surface area contributed by atoms with E-state index in [1.165, 1.54) is 11.0 Å². The van der Waals surface area contributed by atoms with Crippen molar-refractivity contribution in [2.45, 2.75) is 36.9 Å². The molecule has 1 fully saturated rings.